The number of carbonyl (C=O) groups excluding carboxylic acids is 4. The van der Waals surface area contributed by atoms with Crippen LogP contribution in [0, 0.1) is 18.3 Å². The molecule has 0 spiro atoms. The maximum absolute atomic E-state index is 13.9. The summed E-state index contributed by atoms with van der Waals surface area (Å²) >= 11 is 0. The average Bonchev–Trinajstić information content (AvgIpc) is 3.12. The van der Waals surface area contributed by atoms with Gasteiger partial charge in [0, 0.05) is 36.2 Å². The van der Waals surface area contributed by atoms with E-state index in [0.29, 0.717) is 36.8 Å². The van der Waals surface area contributed by atoms with Gasteiger partial charge in [0.25, 0.3) is 5.91 Å². The lowest BCUT2D eigenvalue weighted by Gasteiger charge is -2.35. The van der Waals surface area contributed by atoms with E-state index in [-0.39, 0.29) is 49.2 Å². The van der Waals surface area contributed by atoms with Crippen molar-refractivity contribution in [1.82, 2.24) is 20.4 Å². The van der Waals surface area contributed by atoms with Crippen LogP contribution in [0.4, 0.5) is 4.79 Å². The van der Waals surface area contributed by atoms with E-state index in [1.54, 1.807) is 51.0 Å². The number of likely N-dealkylation sites (tertiary alicyclic amines) is 1. The maximum Gasteiger partial charge on any atom is 0.411 e. The Balaban J connectivity index is 1.48. The number of terminal acetylenes is 1. The Kier molecular flexibility index (Phi) is 14.2. The lowest BCUT2D eigenvalue weighted by molar-refractivity contribution is -0.133. The lowest BCUT2D eigenvalue weighted by atomic mass is 9.83. The van der Waals surface area contributed by atoms with Gasteiger partial charge in [0.15, 0.2) is 0 Å². The van der Waals surface area contributed by atoms with Crippen LogP contribution in [-0.2, 0) is 20.9 Å². The summed E-state index contributed by atoms with van der Waals surface area (Å²) in [6.45, 7) is 8.71. The number of carbonyl (C=O) groups is 4. The number of amides is 4. The Hall–Kier alpha value is -4.72. The Bertz CT molecular complexity index is 1560. The standard InChI is InChI=1S/C40H54N4O7/c1-7-21-41-38(47)36(28-14-10-9-11-15-28)42-37(46)30-17-12-16-29(23-30)31-18-13-22-43(25-31)35(45)27-44(39(48)51-40(3,4)5)26-32-19-20-33(49-6)24-34(32)50-8-2/h1,12,16-17,19-20,23-24,28,31,36H,8-11,13-15,18,21-22,25-27H2,2-6H3,(H,41,47)(H,42,46)/t31?,36-/m1/s1. The molecule has 2 fully saturated rings. The zero-order chi connectivity index (χ0) is 37.0. The molecule has 51 heavy (non-hydrogen) atoms. The number of nitrogens with zero attached hydrogens (tertiary/aromatic N) is 2. The van der Waals surface area contributed by atoms with Crippen molar-refractivity contribution < 1.29 is 33.4 Å². The van der Waals surface area contributed by atoms with E-state index in [0.717, 1.165) is 56.1 Å². The third kappa shape index (κ3) is 11.4. The van der Waals surface area contributed by atoms with Crippen molar-refractivity contribution in [2.75, 3.05) is 39.9 Å². The number of nitrogens with one attached hydrogen (secondary N) is 2. The van der Waals surface area contributed by atoms with Gasteiger partial charge in [-0.25, -0.2) is 4.79 Å². The van der Waals surface area contributed by atoms with Gasteiger partial charge in [-0.15, -0.1) is 6.42 Å². The summed E-state index contributed by atoms with van der Waals surface area (Å²) in [4.78, 5) is 57.1. The van der Waals surface area contributed by atoms with Crippen LogP contribution < -0.4 is 20.1 Å². The van der Waals surface area contributed by atoms with Crippen LogP contribution in [0.15, 0.2) is 42.5 Å². The van der Waals surface area contributed by atoms with Gasteiger partial charge in [-0.2, -0.15) is 0 Å². The molecule has 0 radical (unpaired) electrons. The largest absolute Gasteiger partial charge is 0.497 e. The SMILES string of the molecule is C#CCNC(=O)[C@H](NC(=O)c1cccc(C2CCCN(C(=O)CN(Cc3ccc(OC)cc3OCC)C(=O)OC(C)(C)C)C2)c1)C1CCCCC1. The van der Waals surface area contributed by atoms with Crippen molar-refractivity contribution in [2.24, 2.45) is 5.92 Å². The topological polar surface area (TPSA) is 127 Å². The van der Waals surface area contributed by atoms with Crippen LogP contribution in [0.25, 0.3) is 0 Å². The van der Waals surface area contributed by atoms with Gasteiger partial charge in [-0.3, -0.25) is 19.3 Å². The smallest absolute Gasteiger partial charge is 0.411 e. The van der Waals surface area contributed by atoms with Crippen LogP contribution in [0.2, 0.25) is 0 Å². The van der Waals surface area contributed by atoms with Crippen molar-refractivity contribution in [1.29, 1.82) is 0 Å². The van der Waals surface area contributed by atoms with E-state index in [2.05, 4.69) is 16.6 Å². The van der Waals surface area contributed by atoms with Gasteiger partial charge in [0.05, 0.1) is 26.8 Å². The van der Waals surface area contributed by atoms with Crippen molar-refractivity contribution >= 4 is 23.8 Å². The summed E-state index contributed by atoms with van der Waals surface area (Å²) in [7, 11) is 1.57. The molecule has 4 rings (SSSR count). The third-order valence-electron chi connectivity index (χ3n) is 9.36. The molecule has 1 saturated carbocycles. The lowest BCUT2D eigenvalue weighted by Crippen LogP contribution is -2.51. The van der Waals surface area contributed by atoms with Crippen LogP contribution in [0.5, 0.6) is 11.5 Å². The van der Waals surface area contributed by atoms with Gasteiger partial charge in [-0.1, -0.05) is 37.3 Å². The highest BCUT2D eigenvalue weighted by Crippen LogP contribution is 2.30. The molecule has 2 aromatic rings. The number of rotatable bonds is 13. The second-order valence-corrected chi connectivity index (χ2v) is 14.3. The van der Waals surface area contributed by atoms with E-state index < -0.39 is 17.7 Å². The molecule has 11 heteroatoms. The first-order valence-electron chi connectivity index (χ1n) is 18.1. The molecule has 2 N–H and O–H groups in total. The number of benzene rings is 2. The first-order valence-corrected chi connectivity index (χ1v) is 18.1. The number of piperidine rings is 1. The number of methoxy groups -OCH3 is 1. The van der Waals surface area contributed by atoms with Gasteiger partial charge in [-0.05, 0) is 89.1 Å². The zero-order valence-electron chi connectivity index (χ0n) is 30.8. The summed E-state index contributed by atoms with van der Waals surface area (Å²) < 4.78 is 16.9. The molecular weight excluding hydrogens is 648 g/mol. The summed E-state index contributed by atoms with van der Waals surface area (Å²) in [6.07, 6.45) is 11.3. The molecule has 2 atom stereocenters. The van der Waals surface area contributed by atoms with Crippen molar-refractivity contribution in [2.45, 2.75) is 96.7 Å². The zero-order valence-corrected chi connectivity index (χ0v) is 30.8. The molecular formula is C40H54N4O7. The Morgan fingerprint density at radius 2 is 1.80 bits per heavy atom. The Morgan fingerprint density at radius 1 is 1.04 bits per heavy atom. The molecule has 0 bridgehead atoms. The predicted octanol–water partition coefficient (Wildman–Crippen LogP) is 5.67. The van der Waals surface area contributed by atoms with E-state index in [4.69, 9.17) is 20.6 Å². The average molecular weight is 703 g/mol. The van der Waals surface area contributed by atoms with Crippen molar-refractivity contribution in [3.8, 4) is 23.8 Å². The number of hydrogen-bond acceptors (Lipinski definition) is 7. The van der Waals surface area contributed by atoms with E-state index >= 15 is 0 Å². The molecule has 1 heterocycles. The molecule has 0 aromatic heterocycles. The fraction of sp³-hybridized carbons (Fsp3) is 0.550. The van der Waals surface area contributed by atoms with Crippen LogP contribution in [0.3, 0.4) is 0 Å². The maximum atomic E-state index is 13.9. The second kappa shape index (κ2) is 18.5. The highest BCUT2D eigenvalue weighted by Gasteiger charge is 2.33. The second-order valence-electron chi connectivity index (χ2n) is 14.3. The van der Waals surface area contributed by atoms with Crippen LogP contribution >= 0.6 is 0 Å². The Labute approximate surface area is 302 Å². The summed E-state index contributed by atoms with van der Waals surface area (Å²) in [5.74, 6) is 2.90. The first-order chi connectivity index (χ1) is 24.4. The van der Waals surface area contributed by atoms with Crippen LogP contribution in [0.1, 0.15) is 100 Å². The van der Waals surface area contributed by atoms with Gasteiger partial charge < -0.3 is 29.7 Å². The minimum Gasteiger partial charge on any atom is -0.497 e. The minimum atomic E-state index is -0.754. The molecule has 4 amide bonds. The first kappa shape index (κ1) is 39.1. The Morgan fingerprint density at radius 3 is 2.49 bits per heavy atom. The molecule has 1 aliphatic heterocycles. The molecule has 2 aromatic carbocycles. The molecule has 276 valence electrons. The quantitative estimate of drug-likeness (QED) is 0.258. The highest BCUT2D eigenvalue weighted by atomic mass is 16.6. The molecule has 1 aliphatic carbocycles. The molecule has 11 nitrogen and oxygen atoms in total. The fourth-order valence-electron chi connectivity index (χ4n) is 6.81. The predicted molar refractivity (Wildman–Crippen MR) is 195 cm³/mol. The summed E-state index contributed by atoms with van der Waals surface area (Å²) in [5, 5.41) is 5.76. The van der Waals surface area contributed by atoms with E-state index in [9.17, 15) is 19.2 Å². The fourth-order valence-corrected chi connectivity index (χ4v) is 6.81. The van der Waals surface area contributed by atoms with Gasteiger partial charge >= 0.3 is 6.09 Å². The highest BCUT2D eigenvalue weighted by molar-refractivity contribution is 5.97. The van der Waals surface area contributed by atoms with E-state index in [1.807, 2.05) is 31.2 Å². The normalized spacial score (nSPS) is 17.0. The minimum absolute atomic E-state index is 0.00959. The molecule has 1 saturated heterocycles. The van der Waals surface area contributed by atoms with Crippen LogP contribution in [-0.4, -0.2) is 85.2 Å². The summed E-state index contributed by atoms with van der Waals surface area (Å²) in [6, 6.07) is 12.1. The van der Waals surface area contributed by atoms with E-state index in [1.165, 1.54) is 4.90 Å². The summed E-state index contributed by atoms with van der Waals surface area (Å²) in [5.41, 5.74) is 1.37. The van der Waals surface area contributed by atoms with Gasteiger partial charge in [0.1, 0.15) is 29.7 Å². The number of ether oxygens (including phenoxy) is 3. The monoisotopic (exact) mass is 702 g/mol. The van der Waals surface area contributed by atoms with Gasteiger partial charge in [0.2, 0.25) is 11.8 Å². The third-order valence-corrected chi connectivity index (χ3v) is 9.36. The molecule has 1 unspecified atom stereocenters. The number of hydrogen-bond donors (Lipinski definition) is 2. The molecule has 2 aliphatic rings. The van der Waals surface area contributed by atoms with Crippen molar-refractivity contribution in [3.05, 3.63) is 59.2 Å². The van der Waals surface area contributed by atoms with Crippen molar-refractivity contribution in [3.63, 3.8) is 0 Å².